The van der Waals surface area contributed by atoms with Crippen molar-refractivity contribution in [1.82, 2.24) is 0 Å². The van der Waals surface area contributed by atoms with Crippen molar-refractivity contribution < 1.29 is 13.2 Å². The number of amides is 1. The van der Waals surface area contributed by atoms with Gasteiger partial charge in [0.15, 0.2) is 0 Å². The summed E-state index contributed by atoms with van der Waals surface area (Å²) in [6.07, 6.45) is 6.09. The predicted molar refractivity (Wildman–Crippen MR) is 96.3 cm³/mol. The highest BCUT2D eigenvalue weighted by Crippen LogP contribution is 2.21. The van der Waals surface area contributed by atoms with Gasteiger partial charge in [-0.1, -0.05) is 32.6 Å². The molecule has 0 aliphatic heterocycles. The highest BCUT2D eigenvalue weighted by Gasteiger charge is 2.10. The summed E-state index contributed by atoms with van der Waals surface area (Å²) in [7, 11) is -3.29. The molecule has 0 spiro atoms. The van der Waals surface area contributed by atoms with E-state index in [0.29, 0.717) is 17.8 Å². The van der Waals surface area contributed by atoms with Gasteiger partial charge in [-0.05, 0) is 44.0 Å². The molecule has 0 saturated carbocycles. The quantitative estimate of drug-likeness (QED) is 0.631. The van der Waals surface area contributed by atoms with E-state index in [1.54, 1.807) is 25.1 Å². The second-order valence-corrected chi connectivity index (χ2v) is 7.76. The Morgan fingerprint density at radius 1 is 1.09 bits per heavy atom. The van der Waals surface area contributed by atoms with E-state index in [4.69, 9.17) is 0 Å². The SMILES string of the molecule is CCCCCCCC(=O)Nc1ccc(NS(=O)(=O)CC)c(C)c1. The van der Waals surface area contributed by atoms with Crippen molar-refractivity contribution in [2.75, 3.05) is 15.8 Å². The third-order valence-electron chi connectivity index (χ3n) is 3.66. The van der Waals surface area contributed by atoms with Gasteiger partial charge < -0.3 is 5.32 Å². The number of hydrogen-bond donors (Lipinski definition) is 2. The van der Waals surface area contributed by atoms with Crippen LogP contribution in [0.15, 0.2) is 18.2 Å². The molecule has 0 atom stereocenters. The van der Waals surface area contributed by atoms with Gasteiger partial charge in [0.2, 0.25) is 15.9 Å². The van der Waals surface area contributed by atoms with Gasteiger partial charge in [0.1, 0.15) is 0 Å². The van der Waals surface area contributed by atoms with Crippen LogP contribution in [0.3, 0.4) is 0 Å². The molecule has 1 amide bonds. The van der Waals surface area contributed by atoms with Crippen LogP contribution in [-0.2, 0) is 14.8 Å². The van der Waals surface area contributed by atoms with E-state index in [-0.39, 0.29) is 11.7 Å². The molecule has 23 heavy (non-hydrogen) atoms. The fraction of sp³-hybridized carbons (Fsp3) is 0.588. The average Bonchev–Trinajstić information content (AvgIpc) is 2.50. The van der Waals surface area contributed by atoms with E-state index in [0.717, 1.165) is 18.4 Å². The molecule has 2 N–H and O–H groups in total. The number of hydrogen-bond acceptors (Lipinski definition) is 3. The number of benzene rings is 1. The van der Waals surface area contributed by atoms with Gasteiger partial charge in [-0.3, -0.25) is 9.52 Å². The van der Waals surface area contributed by atoms with Gasteiger partial charge in [-0.2, -0.15) is 0 Å². The molecule has 0 bridgehead atoms. The average molecular weight is 340 g/mol. The molecule has 1 rings (SSSR count). The minimum absolute atomic E-state index is 0.00258. The van der Waals surface area contributed by atoms with Crippen LogP contribution in [-0.4, -0.2) is 20.1 Å². The molecular weight excluding hydrogens is 312 g/mol. The molecule has 1 aromatic rings. The van der Waals surface area contributed by atoms with Gasteiger partial charge in [-0.25, -0.2) is 8.42 Å². The van der Waals surface area contributed by atoms with Crippen molar-refractivity contribution in [3.05, 3.63) is 23.8 Å². The van der Waals surface area contributed by atoms with Crippen molar-refractivity contribution in [2.45, 2.75) is 59.3 Å². The number of carbonyl (C=O) groups excluding carboxylic acids is 1. The first-order valence-corrected chi connectivity index (χ1v) is 9.94. The molecule has 0 fully saturated rings. The Morgan fingerprint density at radius 3 is 2.39 bits per heavy atom. The Bertz CT molecular complexity index is 612. The van der Waals surface area contributed by atoms with Gasteiger partial charge in [0.05, 0.1) is 11.4 Å². The zero-order valence-electron chi connectivity index (χ0n) is 14.3. The van der Waals surface area contributed by atoms with Crippen LogP contribution < -0.4 is 10.0 Å². The maximum atomic E-state index is 11.9. The normalized spacial score (nSPS) is 11.3. The molecular formula is C17H28N2O3S. The first-order chi connectivity index (χ1) is 10.9. The van der Waals surface area contributed by atoms with Crippen molar-refractivity contribution >= 4 is 27.3 Å². The smallest absolute Gasteiger partial charge is 0.232 e. The molecule has 0 heterocycles. The second-order valence-electron chi connectivity index (χ2n) is 5.75. The number of nitrogens with one attached hydrogen (secondary N) is 2. The molecule has 1 aromatic carbocycles. The Hall–Kier alpha value is -1.56. The van der Waals surface area contributed by atoms with Crippen molar-refractivity contribution in [1.29, 1.82) is 0 Å². The zero-order chi connectivity index (χ0) is 17.3. The number of carbonyl (C=O) groups is 1. The van der Waals surface area contributed by atoms with Crippen molar-refractivity contribution in [3.8, 4) is 0 Å². The molecule has 0 saturated heterocycles. The topological polar surface area (TPSA) is 75.3 Å². The van der Waals surface area contributed by atoms with Gasteiger partial charge in [0.25, 0.3) is 0 Å². The molecule has 6 heteroatoms. The molecule has 5 nitrogen and oxygen atoms in total. The van der Waals surface area contributed by atoms with Crippen molar-refractivity contribution in [3.63, 3.8) is 0 Å². The first kappa shape index (κ1) is 19.5. The van der Waals surface area contributed by atoms with Crippen LogP contribution in [0.4, 0.5) is 11.4 Å². The summed E-state index contributed by atoms with van der Waals surface area (Å²) >= 11 is 0. The lowest BCUT2D eigenvalue weighted by Crippen LogP contribution is -2.16. The largest absolute Gasteiger partial charge is 0.326 e. The lowest BCUT2D eigenvalue weighted by Gasteiger charge is -2.11. The second kappa shape index (κ2) is 9.55. The number of sulfonamides is 1. The summed E-state index contributed by atoms with van der Waals surface area (Å²) in [5, 5.41) is 2.86. The standard InChI is InChI=1S/C17H28N2O3S/c1-4-6-7-8-9-10-17(20)18-15-11-12-16(14(3)13-15)19-23(21,22)5-2/h11-13,19H,4-10H2,1-3H3,(H,18,20). The van der Waals surface area contributed by atoms with E-state index in [1.165, 1.54) is 19.3 Å². The lowest BCUT2D eigenvalue weighted by atomic mass is 10.1. The maximum Gasteiger partial charge on any atom is 0.232 e. The van der Waals surface area contributed by atoms with Gasteiger partial charge >= 0.3 is 0 Å². The molecule has 0 radical (unpaired) electrons. The number of aryl methyl sites for hydroxylation is 1. The molecule has 0 aliphatic carbocycles. The third kappa shape index (κ3) is 7.50. The Morgan fingerprint density at radius 2 is 1.78 bits per heavy atom. The van der Waals surface area contributed by atoms with E-state index in [2.05, 4.69) is 17.0 Å². The molecule has 0 aliphatic rings. The summed E-state index contributed by atoms with van der Waals surface area (Å²) in [4.78, 5) is 11.9. The Labute approximate surface area is 139 Å². The summed E-state index contributed by atoms with van der Waals surface area (Å²) in [5.41, 5.74) is 2.02. The van der Waals surface area contributed by atoms with Gasteiger partial charge in [0, 0.05) is 12.1 Å². The Balaban J connectivity index is 2.52. The van der Waals surface area contributed by atoms with Crippen LogP contribution in [0.2, 0.25) is 0 Å². The fourth-order valence-electron chi connectivity index (χ4n) is 2.21. The number of rotatable bonds is 10. The third-order valence-corrected chi connectivity index (χ3v) is 4.95. The van der Waals surface area contributed by atoms with Crippen LogP contribution in [0, 0.1) is 6.92 Å². The minimum atomic E-state index is -3.29. The monoisotopic (exact) mass is 340 g/mol. The number of anilines is 2. The maximum absolute atomic E-state index is 11.9. The zero-order valence-corrected chi connectivity index (χ0v) is 15.1. The summed E-state index contributed by atoms with van der Waals surface area (Å²) in [6, 6.07) is 5.18. The summed E-state index contributed by atoms with van der Waals surface area (Å²) in [6.45, 7) is 5.57. The van der Waals surface area contributed by atoms with E-state index in [1.807, 2.05) is 6.92 Å². The highest BCUT2D eigenvalue weighted by molar-refractivity contribution is 7.92. The van der Waals surface area contributed by atoms with E-state index >= 15 is 0 Å². The van der Waals surface area contributed by atoms with Crippen LogP contribution in [0.5, 0.6) is 0 Å². The van der Waals surface area contributed by atoms with E-state index in [9.17, 15) is 13.2 Å². The minimum Gasteiger partial charge on any atom is -0.326 e. The van der Waals surface area contributed by atoms with Crippen molar-refractivity contribution in [2.24, 2.45) is 0 Å². The molecule has 0 unspecified atom stereocenters. The molecule has 130 valence electrons. The lowest BCUT2D eigenvalue weighted by molar-refractivity contribution is -0.116. The van der Waals surface area contributed by atoms with Gasteiger partial charge in [-0.15, -0.1) is 0 Å². The van der Waals surface area contributed by atoms with Crippen LogP contribution >= 0.6 is 0 Å². The molecule has 0 aromatic heterocycles. The van der Waals surface area contributed by atoms with Crippen LogP contribution in [0.25, 0.3) is 0 Å². The van der Waals surface area contributed by atoms with Crippen LogP contribution in [0.1, 0.15) is 57.9 Å². The predicted octanol–water partition coefficient (Wildman–Crippen LogP) is 4.06. The van der Waals surface area contributed by atoms with E-state index < -0.39 is 10.0 Å². The Kier molecular flexibility index (Phi) is 8.09. The number of unbranched alkanes of at least 4 members (excludes halogenated alkanes) is 4. The highest BCUT2D eigenvalue weighted by atomic mass is 32.2. The summed E-state index contributed by atoms with van der Waals surface area (Å²) < 4.78 is 25.7. The fourth-order valence-corrected chi connectivity index (χ4v) is 2.92. The summed E-state index contributed by atoms with van der Waals surface area (Å²) in [5.74, 6) is 0.0333. The first-order valence-electron chi connectivity index (χ1n) is 8.29.